The lowest BCUT2D eigenvalue weighted by molar-refractivity contribution is 0.178. The number of hydrogen-bond acceptors (Lipinski definition) is 3. The van der Waals surface area contributed by atoms with E-state index in [0.717, 1.165) is 5.92 Å². The number of hydrogen-bond donors (Lipinski definition) is 1. The SMILES string of the molecule is CCCN(CCN(C)C)CC1NCCCC1C. The maximum atomic E-state index is 3.69. The van der Waals surface area contributed by atoms with Crippen LogP contribution in [0.2, 0.25) is 0 Å². The van der Waals surface area contributed by atoms with Crippen molar-refractivity contribution >= 4 is 0 Å². The van der Waals surface area contributed by atoms with Gasteiger partial charge in [0, 0.05) is 25.7 Å². The predicted octanol–water partition coefficient (Wildman–Crippen LogP) is 1.65. The number of likely N-dealkylation sites (N-methyl/N-ethyl adjacent to an activating group) is 1. The Labute approximate surface area is 108 Å². The maximum Gasteiger partial charge on any atom is 0.0220 e. The first-order chi connectivity index (χ1) is 8.13. The lowest BCUT2D eigenvalue weighted by Gasteiger charge is -2.35. The highest BCUT2D eigenvalue weighted by Crippen LogP contribution is 2.16. The minimum absolute atomic E-state index is 0.706. The third kappa shape index (κ3) is 5.84. The molecule has 2 unspecified atom stereocenters. The van der Waals surface area contributed by atoms with Gasteiger partial charge in [0.05, 0.1) is 0 Å². The molecular formula is C14H31N3. The highest BCUT2D eigenvalue weighted by molar-refractivity contribution is 4.81. The lowest BCUT2D eigenvalue weighted by atomic mass is 9.92. The summed E-state index contributed by atoms with van der Waals surface area (Å²) in [5.74, 6) is 0.836. The van der Waals surface area contributed by atoms with Gasteiger partial charge in [-0.1, -0.05) is 13.8 Å². The summed E-state index contributed by atoms with van der Waals surface area (Å²) < 4.78 is 0. The Kier molecular flexibility index (Phi) is 7.09. The van der Waals surface area contributed by atoms with Gasteiger partial charge in [0.15, 0.2) is 0 Å². The highest BCUT2D eigenvalue weighted by atomic mass is 15.2. The van der Waals surface area contributed by atoms with Crippen LogP contribution in [-0.4, -0.2) is 62.7 Å². The molecule has 0 saturated carbocycles. The van der Waals surface area contributed by atoms with E-state index in [0.29, 0.717) is 6.04 Å². The first kappa shape index (κ1) is 14.9. The third-order valence-electron chi connectivity index (χ3n) is 3.79. The van der Waals surface area contributed by atoms with Crippen molar-refractivity contribution in [2.45, 2.75) is 39.2 Å². The van der Waals surface area contributed by atoms with Gasteiger partial charge in [-0.3, -0.25) is 0 Å². The van der Waals surface area contributed by atoms with E-state index < -0.39 is 0 Å². The Morgan fingerprint density at radius 1 is 1.18 bits per heavy atom. The Bertz CT molecular complexity index is 194. The van der Waals surface area contributed by atoms with Crippen LogP contribution in [0.1, 0.15) is 33.1 Å². The molecule has 3 heteroatoms. The maximum absolute atomic E-state index is 3.69. The number of piperidine rings is 1. The molecule has 1 saturated heterocycles. The van der Waals surface area contributed by atoms with Gasteiger partial charge in [-0.2, -0.15) is 0 Å². The molecule has 102 valence electrons. The second kappa shape index (κ2) is 8.06. The van der Waals surface area contributed by atoms with Crippen molar-refractivity contribution in [1.82, 2.24) is 15.1 Å². The van der Waals surface area contributed by atoms with E-state index in [9.17, 15) is 0 Å². The Hall–Kier alpha value is -0.120. The summed E-state index contributed by atoms with van der Waals surface area (Å²) in [5, 5.41) is 3.69. The Morgan fingerprint density at radius 2 is 1.94 bits per heavy atom. The first-order valence-electron chi connectivity index (χ1n) is 7.24. The molecule has 0 aromatic carbocycles. The number of nitrogens with zero attached hydrogens (tertiary/aromatic N) is 2. The van der Waals surface area contributed by atoms with Crippen molar-refractivity contribution in [2.75, 3.05) is 46.8 Å². The molecule has 0 aromatic rings. The normalized spacial score (nSPS) is 25.8. The first-order valence-corrected chi connectivity index (χ1v) is 7.24. The van der Waals surface area contributed by atoms with Gasteiger partial charge < -0.3 is 15.1 Å². The molecule has 0 radical (unpaired) electrons. The summed E-state index contributed by atoms with van der Waals surface area (Å²) in [7, 11) is 4.32. The van der Waals surface area contributed by atoms with Crippen LogP contribution in [0, 0.1) is 5.92 Å². The summed E-state index contributed by atoms with van der Waals surface area (Å²) >= 11 is 0. The molecule has 1 rings (SSSR count). The molecule has 0 amide bonds. The molecule has 0 spiro atoms. The zero-order valence-corrected chi connectivity index (χ0v) is 12.2. The van der Waals surface area contributed by atoms with Gasteiger partial charge in [-0.05, 0) is 52.4 Å². The molecule has 1 aliphatic heterocycles. The molecule has 1 fully saturated rings. The number of rotatable bonds is 7. The topological polar surface area (TPSA) is 18.5 Å². The van der Waals surface area contributed by atoms with Crippen LogP contribution in [0.5, 0.6) is 0 Å². The number of nitrogens with one attached hydrogen (secondary N) is 1. The van der Waals surface area contributed by atoms with Gasteiger partial charge in [0.1, 0.15) is 0 Å². The van der Waals surface area contributed by atoms with Gasteiger partial charge in [-0.15, -0.1) is 0 Å². The second-order valence-electron chi connectivity index (χ2n) is 5.78. The molecule has 1 heterocycles. The molecule has 17 heavy (non-hydrogen) atoms. The minimum atomic E-state index is 0.706. The molecule has 1 aliphatic rings. The molecule has 0 bridgehead atoms. The standard InChI is InChI=1S/C14H31N3/c1-5-9-17(11-10-16(3)4)12-14-13(2)7-6-8-15-14/h13-15H,5-12H2,1-4H3. The Morgan fingerprint density at radius 3 is 2.53 bits per heavy atom. The second-order valence-corrected chi connectivity index (χ2v) is 5.78. The van der Waals surface area contributed by atoms with Crippen molar-refractivity contribution in [2.24, 2.45) is 5.92 Å². The van der Waals surface area contributed by atoms with Crippen LogP contribution >= 0.6 is 0 Å². The van der Waals surface area contributed by atoms with E-state index in [1.165, 1.54) is 52.0 Å². The molecular weight excluding hydrogens is 210 g/mol. The van der Waals surface area contributed by atoms with Crippen LogP contribution in [0.15, 0.2) is 0 Å². The van der Waals surface area contributed by atoms with Gasteiger partial charge in [0.2, 0.25) is 0 Å². The van der Waals surface area contributed by atoms with Crippen molar-refractivity contribution in [3.8, 4) is 0 Å². The summed E-state index contributed by atoms with van der Waals surface area (Å²) in [6.45, 7) is 10.7. The van der Waals surface area contributed by atoms with Crippen LogP contribution in [0.25, 0.3) is 0 Å². The van der Waals surface area contributed by atoms with E-state index in [2.05, 4.69) is 43.1 Å². The van der Waals surface area contributed by atoms with Crippen molar-refractivity contribution in [1.29, 1.82) is 0 Å². The van der Waals surface area contributed by atoms with Gasteiger partial charge in [0.25, 0.3) is 0 Å². The fourth-order valence-electron chi connectivity index (χ4n) is 2.59. The average molecular weight is 241 g/mol. The monoisotopic (exact) mass is 241 g/mol. The van der Waals surface area contributed by atoms with Gasteiger partial charge in [-0.25, -0.2) is 0 Å². The van der Waals surface area contributed by atoms with Crippen molar-refractivity contribution < 1.29 is 0 Å². The minimum Gasteiger partial charge on any atom is -0.312 e. The smallest absolute Gasteiger partial charge is 0.0220 e. The van der Waals surface area contributed by atoms with Crippen molar-refractivity contribution in [3.63, 3.8) is 0 Å². The van der Waals surface area contributed by atoms with Crippen LogP contribution in [-0.2, 0) is 0 Å². The van der Waals surface area contributed by atoms with Crippen LogP contribution < -0.4 is 5.32 Å². The summed E-state index contributed by atoms with van der Waals surface area (Å²) in [4.78, 5) is 4.90. The average Bonchev–Trinajstić information content (AvgIpc) is 2.29. The zero-order chi connectivity index (χ0) is 12.7. The largest absolute Gasteiger partial charge is 0.312 e. The highest BCUT2D eigenvalue weighted by Gasteiger charge is 2.22. The zero-order valence-electron chi connectivity index (χ0n) is 12.2. The van der Waals surface area contributed by atoms with E-state index in [-0.39, 0.29) is 0 Å². The fourth-order valence-corrected chi connectivity index (χ4v) is 2.59. The molecule has 3 nitrogen and oxygen atoms in total. The molecule has 2 atom stereocenters. The van der Waals surface area contributed by atoms with E-state index in [4.69, 9.17) is 0 Å². The predicted molar refractivity (Wildman–Crippen MR) is 75.5 cm³/mol. The third-order valence-corrected chi connectivity index (χ3v) is 3.79. The van der Waals surface area contributed by atoms with E-state index in [1.54, 1.807) is 0 Å². The van der Waals surface area contributed by atoms with Crippen LogP contribution in [0.3, 0.4) is 0 Å². The quantitative estimate of drug-likeness (QED) is 0.731. The Balaban J connectivity index is 2.35. The fraction of sp³-hybridized carbons (Fsp3) is 1.00. The van der Waals surface area contributed by atoms with E-state index in [1.807, 2.05) is 0 Å². The molecule has 1 N–H and O–H groups in total. The van der Waals surface area contributed by atoms with Crippen LogP contribution in [0.4, 0.5) is 0 Å². The van der Waals surface area contributed by atoms with E-state index >= 15 is 0 Å². The van der Waals surface area contributed by atoms with Crippen molar-refractivity contribution in [3.05, 3.63) is 0 Å². The summed E-state index contributed by atoms with van der Waals surface area (Å²) in [6.07, 6.45) is 4.00. The molecule has 0 aliphatic carbocycles. The summed E-state index contributed by atoms with van der Waals surface area (Å²) in [5.41, 5.74) is 0. The van der Waals surface area contributed by atoms with Gasteiger partial charge >= 0.3 is 0 Å². The summed E-state index contributed by atoms with van der Waals surface area (Å²) in [6, 6.07) is 0.706. The lowest BCUT2D eigenvalue weighted by Crippen LogP contribution is -2.49. The molecule has 0 aromatic heterocycles.